The summed E-state index contributed by atoms with van der Waals surface area (Å²) < 4.78 is 5.33. The summed E-state index contributed by atoms with van der Waals surface area (Å²) >= 11 is 0. The van der Waals surface area contributed by atoms with Crippen molar-refractivity contribution in [2.24, 2.45) is 11.8 Å². The number of rotatable bonds is 9. The van der Waals surface area contributed by atoms with Crippen LogP contribution in [-0.4, -0.2) is 87.4 Å². The Morgan fingerprint density at radius 2 is 1.64 bits per heavy atom. The monoisotopic (exact) mass is 397 g/mol. The molecule has 0 aromatic rings. The zero-order valence-electron chi connectivity index (χ0n) is 17.7. The molecule has 0 aromatic heterocycles. The molecular formula is C20H39N5O3. The second-order valence-corrected chi connectivity index (χ2v) is 7.85. The summed E-state index contributed by atoms with van der Waals surface area (Å²) in [5, 5.41) is 9.05. The summed E-state index contributed by atoms with van der Waals surface area (Å²) in [5.41, 5.74) is 0. The van der Waals surface area contributed by atoms with Gasteiger partial charge < -0.3 is 25.6 Å². The summed E-state index contributed by atoms with van der Waals surface area (Å²) in [5.74, 6) is 0.999. The highest BCUT2D eigenvalue weighted by molar-refractivity contribution is 5.74. The van der Waals surface area contributed by atoms with Gasteiger partial charge in [-0.15, -0.1) is 0 Å². The van der Waals surface area contributed by atoms with Crippen LogP contribution in [0.5, 0.6) is 0 Å². The molecule has 1 aliphatic heterocycles. The first-order valence-corrected chi connectivity index (χ1v) is 11.0. The van der Waals surface area contributed by atoms with Crippen LogP contribution in [0.1, 0.15) is 39.5 Å². The molecule has 2 rings (SSSR count). The van der Waals surface area contributed by atoms with Gasteiger partial charge in [-0.3, -0.25) is 4.90 Å². The normalized spacial score (nSPS) is 23.1. The second-order valence-electron chi connectivity index (χ2n) is 7.85. The number of nitrogens with zero attached hydrogens (tertiary/aromatic N) is 2. The van der Waals surface area contributed by atoms with Crippen LogP contribution in [0.3, 0.4) is 0 Å². The minimum atomic E-state index is -0.0785. The van der Waals surface area contributed by atoms with Gasteiger partial charge in [0.05, 0.1) is 13.2 Å². The summed E-state index contributed by atoms with van der Waals surface area (Å²) in [4.78, 5) is 28.3. The maximum absolute atomic E-state index is 12.1. The quantitative estimate of drug-likeness (QED) is 0.550. The Morgan fingerprint density at radius 3 is 2.29 bits per heavy atom. The molecule has 8 nitrogen and oxygen atoms in total. The minimum Gasteiger partial charge on any atom is -0.379 e. The third-order valence-electron chi connectivity index (χ3n) is 5.85. The zero-order chi connectivity index (χ0) is 20.2. The van der Waals surface area contributed by atoms with E-state index in [1.165, 1.54) is 0 Å². The lowest BCUT2D eigenvalue weighted by Gasteiger charge is -2.30. The Morgan fingerprint density at radius 1 is 1.00 bits per heavy atom. The maximum Gasteiger partial charge on any atom is 0.317 e. The average molecular weight is 398 g/mol. The maximum atomic E-state index is 12.1. The minimum absolute atomic E-state index is 0.0323. The first-order valence-electron chi connectivity index (χ1n) is 11.0. The molecule has 4 amide bonds. The average Bonchev–Trinajstić information content (AvgIpc) is 2.73. The van der Waals surface area contributed by atoms with E-state index in [0.29, 0.717) is 24.9 Å². The van der Waals surface area contributed by atoms with Gasteiger partial charge in [-0.1, -0.05) is 6.42 Å². The first kappa shape index (κ1) is 22.7. The van der Waals surface area contributed by atoms with Crippen molar-refractivity contribution < 1.29 is 14.3 Å². The number of hydrogen-bond acceptors (Lipinski definition) is 4. The molecule has 2 fully saturated rings. The Balaban J connectivity index is 1.57. The van der Waals surface area contributed by atoms with Crippen LogP contribution in [0.15, 0.2) is 0 Å². The van der Waals surface area contributed by atoms with E-state index >= 15 is 0 Å². The van der Waals surface area contributed by atoms with Gasteiger partial charge in [-0.2, -0.15) is 0 Å². The predicted octanol–water partition coefficient (Wildman–Crippen LogP) is 1.48. The topological polar surface area (TPSA) is 85.9 Å². The molecule has 1 aliphatic carbocycles. The highest BCUT2D eigenvalue weighted by Crippen LogP contribution is 2.28. The largest absolute Gasteiger partial charge is 0.379 e. The molecule has 0 spiro atoms. The summed E-state index contributed by atoms with van der Waals surface area (Å²) in [6.45, 7) is 11.9. The van der Waals surface area contributed by atoms with Crippen LogP contribution in [-0.2, 0) is 4.74 Å². The standard InChI is InChI=1S/C20H39N5O3/c1-3-25(4-2)20(27)23-16-18-7-5-6-17(14-18)15-22-19(26)21-8-9-24-10-12-28-13-11-24/h17-18H,3-16H2,1-2H3,(H,23,27)(H2,21,22,26). The number of ether oxygens (including phenoxy) is 1. The third kappa shape index (κ3) is 8.22. The van der Waals surface area contributed by atoms with Gasteiger partial charge in [0, 0.05) is 52.4 Å². The summed E-state index contributed by atoms with van der Waals surface area (Å²) in [6.07, 6.45) is 4.53. The highest BCUT2D eigenvalue weighted by atomic mass is 16.5. The summed E-state index contributed by atoms with van der Waals surface area (Å²) in [6, 6.07) is -0.0462. The third-order valence-corrected chi connectivity index (χ3v) is 5.85. The smallest absolute Gasteiger partial charge is 0.317 e. The number of amides is 4. The number of hydrogen-bond donors (Lipinski definition) is 3. The SMILES string of the molecule is CCN(CC)C(=O)NCC1CCCC(CNC(=O)NCCN2CCOCC2)C1. The molecular weight excluding hydrogens is 358 g/mol. The van der Waals surface area contributed by atoms with E-state index < -0.39 is 0 Å². The number of carbonyl (C=O) groups excluding carboxylic acids is 2. The van der Waals surface area contributed by atoms with Crippen LogP contribution < -0.4 is 16.0 Å². The molecule has 162 valence electrons. The van der Waals surface area contributed by atoms with Gasteiger partial charge in [0.2, 0.25) is 0 Å². The van der Waals surface area contributed by atoms with Crippen molar-refractivity contribution in [1.29, 1.82) is 0 Å². The van der Waals surface area contributed by atoms with Crippen molar-refractivity contribution >= 4 is 12.1 Å². The van der Waals surface area contributed by atoms with Crippen LogP contribution in [0.25, 0.3) is 0 Å². The predicted molar refractivity (Wildman–Crippen MR) is 110 cm³/mol. The molecule has 2 unspecified atom stereocenters. The molecule has 1 saturated heterocycles. The molecule has 3 N–H and O–H groups in total. The van der Waals surface area contributed by atoms with E-state index in [1.54, 1.807) is 0 Å². The van der Waals surface area contributed by atoms with E-state index in [9.17, 15) is 9.59 Å². The zero-order valence-corrected chi connectivity index (χ0v) is 17.7. The summed E-state index contributed by atoms with van der Waals surface area (Å²) in [7, 11) is 0. The number of urea groups is 2. The highest BCUT2D eigenvalue weighted by Gasteiger charge is 2.23. The van der Waals surface area contributed by atoms with E-state index in [-0.39, 0.29) is 12.1 Å². The van der Waals surface area contributed by atoms with Gasteiger partial charge in [0.15, 0.2) is 0 Å². The molecule has 1 saturated carbocycles. The van der Waals surface area contributed by atoms with Crippen molar-refractivity contribution in [3.63, 3.8) is 0 Å². The van der Waals surface area contributed by atoms with E-state index in [2.05, 4.69) is 20.9 Å². The van der Waals surface area contributed by atoms with Gasteiger partial charge >= 0.3 is 12.1 Å². The van der Waals surface area contributed by atoms with E-state index in [0.717, 1.165) is 78.2 Å². The van der Waals surface area contributed by atoms with Gasteiger partial charge in [-0.25, -0.2) is 9.59 Å². The van der Waals surface area contributed by atoms with Crippen LogP contribution in [0.4, 0.5) is 9.59 Å². The number of morpholine rings is 1. The molecule has 2 aliphatic rings. The Labute approximate surface area is 169 Å². The van der Waals surface area contributed by atoms with E-state index in [4.69, 9.17) is 4.74 Å². The van der Waals surface area contributed by atoms with Gasteiger partial charge in [0.1, 0.15) is 0 Å². The lowest BCUT2D eigenvalue weighted by atomic mass is 9.81. The molecule has 2 atom stereocenters. The fourth-order valence-electron chi connectivity index (χ4n) is 4.08. The lowest BCUT2D eigenvalue weighted by molar-refractivity contribution is 0.0387. The fourth-order valence-corrected chi connectivity index (χ4v) is 4.08. The van der Waals surface area contributed by atoms with Crippen LogP contribution in [0, 0.1) is 11.8 Å². The molecule has 1 heterocycles. The fraction of sp³-hybridized carbons (Fsp3) is 0.900. The Kier molecular flexibility index (Phi) is 10.4. The van der Waals surface area contributed by atoms with Crippen molar-refractivity contribution in [2.45, 2.75) is 39.5 Å². The van der Waals surface area contributed by atoms with Gasteiger partial charge in [0.25, 0.3) is 0 Å². The number of nitrogens with one attached hydrogen (secondary N) is 3. The first-order chi connectivity index (χ1) is 13.6. The Hall–Kier alpha value is -1.54. The van der Waals surface area contributed by atoms with E-state index in [1.807, 2.05) is 18.7 Å². The number of carbonyl (C=O) groups is 2. The van der Waals surface area contributed by atoms with Crippen molar-refractivity contribution in [3.05, 3.63) is 0 Å². The molecule has 0 aromatic carbocycles. The second kappa shape index (κ2) is 12.8. The molecule has 0 bridgehead atoms. The lowest BCUT2D eigenvalue weighted by Crippen LogP contribution is -2.45. The van der Waals surface area contributed by atoms with Crippen molar-refractivity contribution in [1.82, 2.24) is 25.8 Å². The van der Waals surface area contributed by atoms with Gasteiger partial charge in [-0.05, 0) is 44.9 Å². The van der Waals surface area contributed by atoms with Crippen molar-refractivity contribution in [3.8, 4) is 0 Å². The van der Waals surface area contributed by atoms with Crippen LogP contribution in [0.2, 0.25) is 0 Å². The molecule has 0 radical (unpaired) electrons. The van der Waals surface area contributed by atoms with Crippen LogP contribution >= 0.6 is 0 Å². The molecule has 8 heteroatoms. The Bertz CT molecular complexity index is 467. The molecule has 28 heavy (non-hydrogen) atoms. The van der Waals surface area contributed by atoms with Crippen molar-refractivity contribution in [2.75, 3.05) is 65.6 Å².